The number of para-hydroxylation sites is 1. The molecule has 8 nitrogen and oxygen atoms in total. The average Bonchev–Trinajstić information content (AvgIpc) is 3.11. The molecule has 2 amide bonds. The van der Waals surface area contributed by atoms with Crippen LogP contribution in [0.2, 0.25) is 0 Å². The predicted octanol–water partition coefficient (Wildman–Crippen LogP) is 6.18. The van der Waals surface area contributed by atoms with Gasteiger partial charge in [0, 0.05) is 10.5 Å². The highest BCUT2D eigenvalue weighted by molar-refractivity contribution is 9.10. The van der Waals surface area contributed by atoms with E-state index in [4.69, 9.17) is 9.47 Å². The largest absolute Gasteiger partial charge is 0.493 e. The third kappa shape index (κ3) is 5.72. The number of thioether (sulfide) groups is 1. The highest BCUT2D eigenvalue weighted by atomic mass is 79.9. The molecule has 0 atom stereocenters. The monoisotopic (exact) mass is 554 g/mol. The van der Waals surface area contributed by atoms with E-state index in [0.29, 0.717) is 27.5 Å². The van der Waals surface area contributed by atoms with Crippen LogP contribution in [0, 0.1) is 10.1 Å². The lowest BCUT2D eigenvalue weighted by Gasteiger charge is -2.12. The number of nitro groups is 1. The quantitative estimate of drug-likeness (QED) is 0.186. The number of nitrogens with zero attached hydrogens (tertiary/aromatic N) is 2. The Bertz CT molecular complexity index is 1330. The number of nitro benzene ring substituents is 1. The zero-order valence-corrected chi connectivity index (χ0v) is 20.9. The van der Waals surface area contributed by atoms with Gasteiger partial charge >= 0.3 is 0 Å². The molecular weight excluding hydrogens is 536 g/mol. The standard InChI is InChI=1S/C25H19BrN2O6S/c1-33-22-12-17(8-11-21(22)34-15-18-4-2-3-5-20(18)28(31)32)13-23-24(29)27(25(30)35-23)14-16-6-9-19(26)10-7-16/h2-13H,14-15H2,1H3/b23-13-. The number of methoxy groups -OCH3 is 1. The number of carbonyl (C=O) groups excluding carboxylic acids is 2. The average molecular weight is 555 g/mol. The Morgan fingerprint density at radius 2 is 1.80 bits per heavy atom. The molecule has 1 aliphatic rings. The number of ether oxygens (including phenoxy) is 2. The number of hydrogen-bond acceptors (Lipinski definition) is 7. The minimum Gasteiger partial charge on any atom is -0.493 e. The molecular formula is C25H19BrN2O6S. The van der Waals surface area contributed by atoms with E-state index in [1.54, 1.807) is 42.5 Å². The Morgan fingerprint density at radius 1 is 1.06 bits per heavy atom. The summed E-state index contributed by atoms with van der Waals surface area (Å²) < 4.78 is 12.1. The number of hydrogen-bond donors (Lipinski definition) is 0. The van der Waals surface area contributed by atoms with E-state index in [9.17, 15) is 19.7 Å². The van der Waals surface area contributed by atoms with E-state index in [2.05, 4.69) is 15.9 Å². The molecule has 10 heteroatoms. The number of halogens is 1. The number of imide groups is 1. The van der Waals surface area contributed by atoms with E-state index in [-0.39, 0.29) is 30.0 Å². The van der Waals surface area contributed by atoms with Gasteiger partial charge in [0.25, 0.3) is 16.8 Å². The summed E-state index contributed by atoms with van der Waals surface area (Å²) in [6.07, 6.45) is 1.63. The fourth-order valence-corrected chi connectivity index (χ4v) is 4.52. The van der Waals surface area contributed by atoms with E-state index in [1.807, 2.05) is 24.3 Å². The molecule has 4 rings (SSSR count). The first-order chi connectivity index (χ1) is 16.9. The van der Waals surface area contributed by atoms with Crippen molar-refractivity contribution in [2.24, 2.45) is 0 Å². The summed E-state index contributed by atoms with van der Waals surface area (Å²) in [6.45, 7) is 0.179. The van der Waals surface area contributed by atoms with Gasteiger partial charge in [0.2, 0.25) is 0 Å². The summed E-state index contributed by atoms with van der Waals surface area (Å²) in [6, 6.07) is 18.8. The van der Waals surface area contributed by atoms with E-state index >= 15 is 0 Å². The summed E-state index contributed by atoms with van der Waals surface area (Å²) in [4.78, 5) is 37.6. The van der Waals surface area contributed by atoms with Crippen molar-refractivity contribution in [2.75, 3.05) is 7.11 Å². The molecule has 3 aromatic rings. The van der Waals surface area contributed by atoms with Crippen molar-refractivity contribution >= 4 is 50.6 Å². The fraction of sp³-hybridized carbons (Fsp3) is 0.120. The minimum atomic E-state index is -0.456. The van der Waals surface area contributed by atoms with E-state index < -0.39 is 4.92 Å². The smallest absolute Gasteiger partial charge is 0.293 e. The molecule has 0 aliphatic carbocycles. The molecule has 1 saturated heterocycles. The van der Waals surface area contributed by atoms with Crippen molar-refractivity contribution in [3.63, 3.8) is 0 Å². The van der Waals surface area contributed by atoms with E-state index in [1.165, 1.54) is 18.1 Å². The molecule has 1 fully saturated rings. The highest BCUT2D eigenvalue weighted by Gasteiger charge is 2.35. The molecule has 3 aromatic carbocycles. The summed E-state index contributed by atoms with van der Waals surface area (Å²) in [5.41, 5.74) is 1.90. The van der Waals surface area contributed by atoms with Gasteiger partial charge in [0.15, 0.2) is 11.5 Å². The summed E-state index contributed by atoms with van der Waals surface area (Å²) in [5, 5.41) is 10.9. The van der Waals surface area contributed by atoms with Gasteiger partial charge in [-0.05, 0) is 59.3 Å². The lowest BCUT2D eigenvalue weighted by molar-refractivity contribution is -0.385. The Labute approximate surface area is 213 Å². The zero-order chi connectivity index (χ0) is 24.9. The van der Waals surface area contributed by atoms with Crippen LogP contribution in [0.4, 0.5) is 10.5 Å². The number of benzene rings is 3. The maximum Gasteiger partial charge on any atom is 0.293 e. The third-order valence-electron chi connectivity index (χ3n) is 5.18. The molecule has 0 saturated carbocycles. The zero-order valence-electron chi connectivity index (χ0n) is 18.5. The fourth-order valence-electron chi connectivity index (χ4n) is 3.42. The molecule has 178 valence electrons. The molecule has 1 heterocycles. The summed E-state index contributed by atoms with van der Waals surface area (Å²) >= 11 is 4.25. The second kappa shape index (κ2) is 10.7. The number of amides is 2. The first-order valence-corrected chi connectivity index (χ1v) is 12.0. The van der Waals surface area contributed by atoms with Gasteiger partial charge in [-0.1, -0.05) is 46.3 Å². The van der Waals surface area contributed by atoms with Crippen LogP contribution in [0.1, 0.15) is 16.7 Å². The second-order valence-corrected chi connectivity index (χ2v) is 9.39. The molecule has 0 spiro atoms. The summed E-state index contributed by atoms with van der Waals surface area (Å²) in [7, 11) is 1.48. The molecule has 0 unspecified atom stereocenters. The molecule has 35 heavy (non-hydrogen) atoms. The predicted molar refractivity (Wildman–Crippen MR) is 136 cm³/mol. The highest BCUT2D eigenvalue weighted by Crippen LogP contribution is 2.35. The molecule has 0 aromatic heterocycles. The van der Waals surface area contributed by atoms with Gasteiger partial charge in [-0.15, -0.1) is 0 Å². The van der Waals surface area contributed by atoms with Crippen LogP contribution in [0.3, 0.4) is 0 Å². The number of carbonyl (C=O) groups is 2. The van der Waals surface area contributed by atoms with Crippen LogP contribution >= 0.6 is 27.7 Å². The maximum absolute atomic E-state index is 12.9. The van der Waals surface area contributed by atoms with Crippen molar-refractivity contribution < 1.29 is 24.0 Å². The maximum atomic E-state index is 12.9. The van der Waals surface area contributed by atoms with Crippen molar-refractivity contribution in [3.8, 4) is 11.5 Å². The van der Waals surface area contributed by atoms with Gasteiger partial charge in [-0.2, -0.15) is 0 Å². The van der Waals surface area contributed by atoms with Gasteiger partial charge in [0.1, 0.15) is 6.61 Å². The Hall–Kier alpha value is -3.63. The van der Waals surface area contributed by atoms with Crippen LogP contribution in [0.25, 0.3) is 6.08 Å². The Balaban J connectivity index is 1.49. The molecule has 0 N–H and O–H groups in total. The van der Waals surface area contributed by atoms with Crippen molar-refractivity contribution in [3.05, 3.63) is 103 Å². The van der Waals surface area contributed by atoms with Crippen LogP contribution < -0.4 is 9.47 Å². The van der Waals surface area contributed by atoms with Gasteiger partial charge in [0.05, 0.1) is 29.0 Å². The Morgan fingerprint density at radius 3 is 2.51 bits per heavy atom. The van der Waals surface area contributed by atoms with Crippen LogP contribution in [0.5, 0.6) is 11.5 Å². The van der Waals surface area contributed by atoms with Gasteiger partial charge in [-0.3, -0.25) is 24.6 Å². The van der Waals surface area contributed by atoms with Gasteiger partial charge < -0.3 is 9.47 Å². The van der Waals surface area contributed by atoms with Crippen LogP contribution in [-0.4, -0.2) is 28.1 Å². The first kappa shape index (κ1) is 24.5. The topological polar surface area (TPSA) is 99.0 Å². The summed E-state index contributed by atoms with van der Waals surface area (Å²) in [5.74, 6) is 0.427. The van der Waals surface area contributed by atoms with Crippen molar-refractivity contribution in [1.29, 1.82) is 0 Å². The van der Waals surface area contributed by atoms with Crippen molar-refractivity contribution in [1.82, 2.24) is 4.90 Å². The first-order valence-electron chi connectivity index (χ1n) is 10.4. The normalized spacial score (nSPS) is 14.5. The minimum absolute atomic E-state index is 0.0121. The lowest BCUT2D eigenvalue weighted by Crippen LogP contribution is -2.27. The molecule has 1 aliphatic heterocycles. The second-order valence-electron chi connectivity index (χ2n) is 7.48. The molecule has 0 bridgehead atoms. The van der Waals surface area contributed by atoms with Gasteiger partial charge in [-0.25, -0.2) is 0 Å². The van der Waals surface area contributed by atoms with Crippen LogP contribution in [-0.2, 0) is 17.9 Å². The van der Waals surface area contributed by atoms with Crippen LogP contribution in [0.15, 0.2) is 76.1 Å². The lowest BCUT2D eigenvalue weighted by atomic mass is 10.1. The van der Waals surface area contributed by atoms with Crippen molar-refractivity contribution in [2.45, 2.75) is 13.2 Å². The third-order valence-corrected chi connectivity index (χ3v) is 6.62. The number of rotatable bonds is 8. The Kier molecular flexibility index (Phi) is 7.52. The molecule has 0 radical (unpaired) electrons. The SMILES string of the molecule is COc1cc(/C=C2\SC(=O)N(Cc3ccc(Br)cc3)C2=O)ccc1OCc1ccccc1[N+](=O)[O-]. The van der Waals surface area contributed by atoms with E-state index in [0.717, 1.165) is 21.8 Å².